The van der Waals surface area contributed by atoms with Crippen molar-refractivity contribution in [2.45, 2.75) is 39.2 Å². The van der Waals surface area contributed by atoms with Crippen molar-refractivity contribution in [3.05, 3.63) is 23.8 Å². The summed E-state index contributed by atoms with van der Waals surface area (Å²) in [7, 11) is 0. The van der Waals surface area contributed by atoms with Gasteiger partial charge in [0.25, 0.3) is 0 Å². The van der Waals surface area contributed by atoms with Crippen molar-refractivity contribution < 1.29 is 0 Å². The maximum atomic E-state index is 3.53. The van der Waals surface area contributed by atoms with E-state index in [1.165, 1.54) is 16.9 Å². The van der Waals surface area contributed by atoms with E-state index < -0.39 is 0 Å². The minimum atomic E-state index is 0.223. The van der Waals surface area contributed by atoms with Crippen molar-refractivity contribution in [2.75, 3.05) is 17.2 Å². The molecule has 1 aromatic rings. The second kappa shape index (κ2) is 3.44. The van der Waals surface area contributed by atoms with Crippen LogP contribution in [0.4, 0.5) is 11.4 Å². The lowest BCUT2D eigenvalue weighted by Crippen LogP contribution is -2.29. The van der Waals surface area contributed by atoms with E-state index >= 15 is 0 Å². The van der Waals surface area contributed by atoms with Crippen molar-refractivity contribution in [3.63, 3.8) is 0 Å². The van der Waals surface area contributed by atoms with Crippen molar-refractivity contribution in [3.8, 4) is 0 Å². The summed E-state index contributed by atoms with van der Waals surface area (Å²) < 4.78 is 0. The summed E-state index contributed by atoms with van der Waals surface area (Å²) in [6.45, 7) is 9.94. The number of fused-ring (bicyclic) bond motifs is 1. The molecule has 0 amide bonds. The molecule has 1 atom stereocenters. The molecular formula is C13H20N2. The Balaban J connectivity index is 2.41. The third-order valence-corrected chi connectivity index (χ3v) is 3.55. The molecule has 1 aromatic carbocycles. The van der Waals surface area contributed by atoms with Gasteiger partial charge in [-0.05, 0) is 37.6 Å². The molecule has 2 N–H and O–H groups in total. The Morgan fingerprint density at radius 1 is 1.40 bits per heavy atom. The molecule has 0 bridgehead atoms. The van der Waals surface area contributed by atoms with Crippen molar-refractivity contribution >= 4 is 11.4 Å². The normalized spacial score (nSPS) is 22.0. The minimum Gasteiger partial charge on any atom is -0.385 e. The Labute approximate surface area is 92.1 Å². The summed E-state index contributed by atoms with van der Waals surface area (Å²) in [6, 6.07) is 7.10. The predicted molar refractivity (Wildman–Crippen MR) is 66.7 cm³/mol. The highest BCUT2D eigenvalue weighted by Crippen LogP contribution is 2.41. The zero-order valence-electron chi connectivity index (χ0n) is 10.0. The first kappa shape index (κ1) is 10.3. The van der Waals surface area contributed by atoms with E-state index in [2.05, 4.69) is 56.5 Å². The predicted octanol–water partition coefficient (Wildman–Crippen LogP) is 3.21. The smallest absolute Gasteiger partial charge is 0.0382 e. The summed E-state index contributed by atoms with van der Waals surface area (Å²) >= 11 is 0. The Morgan fingerprint density at radius 2 is 2.13 bits per heavy atom. The van der Waals surface area contributed by atoms with Gasteiger partial charge in [-0.25, -0.2) is 0 Å². The summed E-state index contributed by atoms with van der Waals surface area (Å²) in [5.74, 6) is 0. The van der Waals surface area contributed by atoms with E-state index in [4.69, 9.17) is 0 Å². The van der Waals surface area contributed by atoms with Crippen molar-refractivity contribution in [1.29, 1.82) is 0 Å². The van der Waals surface area contributed by atoms with Crippen LogP contribution in [0.5, 0.6) is 0 Å². The molecule has 0 radical (unpaired) electrons. The van der Waals surface area contributed by atoms with E-state index in [1.807, 2.05) is 0 Å². The summed E-state index contributed by atoms with van der Waals surface area (Å²) in [6.07, 6.45) is 0. The maximum absolute atomic E-state index is 3.53. The lowest BCUT2D eigenvalue weighted by Gasteiger charge is -2.24. The number of nitrogens with one attached hydrogen (secondary N) is 2. The fourth-order valence-corrected chi connectivity index (χ4v) is 2.16. The highest BCUT2D eigenvalue weighted by Gasteiger charge is 2.36. The number of rotatable bonds is 2. The maximum Gasteiger partial charge on any atom is 0.0382 e. The summed E-state index contributed by atoms with van der Waals surface area (Å²) in [5.41, 5.74) is 4.16. The van der Waals surface area contributed by atoms with Crippen LogP contribution in [0.15, 0.2) is 18.2 Å². The number of hydrogen-bond acceptors (Lipinski definition) is 2. The molecule has 0 aromatic heterocycles. The molecule has 1 unspecified atom stereocenters. The Hall–Kier alpha value is -1.18. The Morgan fingerprint density at radius 3 is 2.80 bits per heavy atom. The van der Waals surface area contributed by atoms with Gasteiger partial charge in [-0.1, -0.05) is 13.8 Å². The third kappa shape index (κ3) is 1.58. The van der Waals surface area contributed by atoms with Gasteiger partial charge in [0.1, 0.15) is 0 Å². The van der Waals surface area contributed by atoms with E-state index in [1.54, 1.807) is 0 Å². The molecule has 0 saturated carbocycles. The van der Waals surface area contributed by atoms with Crippen LogP contribution < -0.4 is 10.6 Å². The van der Waals surface area contributed by atoms with E-state index in [0.717, 1.165) is 6.54 Å². The molecule has 2 rings (SSSR count). The molecular weight excluding hydrogens is 184 g/mol. The molecule has 1 heterocycles. The lowest BCUT2D eigenvalue weighted by atomic mass is 9.81. The van der Waals surface area contributed by atoms with Crippen LogP contribution in [0.25, 0.3) is 0 Å². The molecule has 0 spiro atoms. The number of anilines is 2. The van der Waals surface area contributed by atoms with E-state index in [0.29, 0.717) is 6.04 Å². The van der Waals surface area contributed by atoms with Crippen LogP contribution in [0.1, 0.15) is 33.3 Å². The fourth-order valence-electron chi connectivity index (χ4n) is 2.16. The quantitative estimate of drug-likeness (QED) is 0.773. The SMILES string of the molecule is CCNc1ccc2c(c1)C(C)(C)C(C)N2. The Bertz CT molecular complexity index is 369. The first-order valence-corrected chi connectivity index (χ1v) is 5.70. The van der Waals surface area contributed by atoms with Gasteiger partial charge in [0.05, 0.1) is 0 Å². The first-order valence-electron chi connectivity index (χ1n) is 5.70. The third-order valence-electron chi connectivity index (χ3n) is 3.55. The molecule has 2 nitrogen and oxygen atoms in total. The van der Waals surface area contributed by atoms with E-state index in [9.17, 15) is 0 Å². The molecule has 0 saturated heterocycles. The molecule has 15 heavy (non-hydrogen) atoms. The lowest BCUT2D eigenvalue weighted by molar-refractivity contribution is 0.486. The summed E-state index contributed by atoms with van der Waals surface area (Å²) in [4.78, 5) is 0. The van der Waals surface area contributed by atoms with Gasteiger partial charge >= 0.3 is 0 Å². The largest absolute Gasteiger partial charge is 0.385 e. The first-order chi connectivity index (χ1) is 7.05. The van der Waals surface area contributed by atoms with Crippen LogP contribution in [-0.4, -0.2) is 12.6 Å². The summed E-state index contributed by atoms with van der Waals surface area (Å²) in [5, 5.41) is 6.89. The molecule has 0 fully saturated rings. The second-order valence-corrected chi connectivity index (χ2v) is 4.88. The molecule has 1 aliphatic rings. The van der Waals surface area contributed by atoms with Gasteiger partial charge in [0.2, 0.25) is 0 Å². The van der Waals surface area contributed by atoms with Crippen LogP contribution in [0.3, 0.4) is 0 Å². The van der Waals surface area contributed by atoms with Gasteiger partial charge in [0, 0.05) is 29.4 Å². The Kier molecular flexibility index (Phi) is 2.37. The van der Waals surface area contributed by atoms with Gasteiger partial charge in [-0.2, -0.15) is 0 Å². The van der Waals surface area contributed by atoms with Gasteiger partial charge < -0.3 is 10.6 Å². The van der Waals surface area contributed by atoms with Gasteiger partial charge in [-0.15, -0.1) is 0 Å². The van der Waals surface area contributed by atoms with Gasteiger partial charge in [-0.3, -0.25) is 0 Å². The van der Waals surface area contributed by atoms with Crippen molar-refractivity contribution in [2.24, 2.45) is 0 Å². The molecule has 0 aliphatic carbocycles. The highest BCUT2D eigenvalue weighted by atomic mass is 15.0. The number of benzene rings is 1. The molecule has 82 valence electrons. The molecule has 2 heteroatoms. The zero-order valence-corrected chi connectivity index (χ0v) is 10.0. The van der Waals surface area contributed by atoms with Gasteiger partial charge in [0.15, 0.2) is 0 Å². The number of hydrogen-bond donors (Lipinski definition) is 2. The average molecular weight is 204 g/mol. The topological polar surface area (TPSA) is 24.1 Å². The van der Waals surface area contributed by atoms with Crippen LogP contribution in [-0.2, 0) is 5.41 Å². The van der Waals surface area contributed by atoms with Crippen LogP contribution in [0.2, 0.25) is 0 Å². The highest BCUT2D eigenvalue weighted by molar-refractivity contribution is 5.66. The second-order valence-electron chi connectivity index (χ2n) is 4.88. The average Bonchev–Trinajstić information content (AvgIpc) is 2.40. The van der Waals surface area contributed by atoms with Crippen molar-refractivity contribution in [1.82, 2.24) is 0 Å². The van der Waals surface area contributed by atoms with Crippen LogP contribution >= 0.6 is 0 Å². The monoisotopic (exact) mass is 204 g/mol. The van der Waals surface area contributed by atoms with Crippen LogP contribution in [0, 0.1) is 0 Å². The minimum absolute atomic E-state index is 0.223. The zero-order chi connectivity index (χ0) is 11.1. The fraction of sp³-hybridized carbons (Fsp3) is 0.538. The van der Waals surface area contributed by atoms with E-state index in [-0.39, 0.29) is 5.41 Å². The standard InChI is InChI=1S/C13H20N2/c1-5-14-10-6-7-12-11(8-10)13(3,4)9(2)15-12/h6-9,14-15H,5H2,1-4H3. The molecule has 1 aliphatic heterocycles.